The number of ether oxygens (including phenoxy) is 2. The number of carboxylic acids is 1. The summed E-state index contributed by atoms with van der Waals surface area (Å²) in [7, 11) is 0. The maximum absolute atomic E-state index is 11.5. The third kappa shape index (κ3) is 6.55. The lowest BCUT2D eigenvalue weighted by atomic mass is 9.87. The minimum Gasteiger partial charge on any atom is -0.478 e. The quantitative estimate of drug-likeness (QED) is 0.333. The molecule has 1 N–H and O–H groups in total. The van der Waals surface area contributed by atoms with Gasteiger partial charge in [-0.1, -0.05) is 58.0 Å². The zero-order valence-electron chi connectivity index (χ0n) is 20.8. The Morgan fingerprint density at radius 3 is 2.32 bits per heavy atom. The van der Waals surface area contributed by atoms with Crippen molar-refractivity contribution in [1.29, 1.82) is 0 Å². The highest BCUT2D eigenvalue weighted by Crippen LogP contribution is 2.27. The van der Waals surface area contributed by atoms with Crippen LogP contribution in [0.3, 0.4) is 0 Å². The molecule has 0 fully saturated rings. The van der Waals surface area contributed by atoms with E-state index in [0.717, 1.165) is 29.0 Å². The van der Waals surface area contributed by atoms with E-state index in [4.69, 9.17) is 13.9 Å². The predicted octanol–water partition coefficient (Wildman–Crippen LogP) is 6.33. The monoisotopic (exact) mass is 465 g/mol. The molecule has 2 aromatic carbocycles. The van der Waals surface area contributed by atoms with Gasteiger partial charge in [0.1, 0.15) is 11.5 Å². The van der Waals surface area contributed by atoms with Gasteiger partial charge in [0.25, 0.3) is 0 Å². The summed E-state index contributed by atoms with van der Waals surface area (Å²) < 4.78 is 17.5. The van der Waals surface area contributed by atoms with Gasteiger partial charge in [0.15, 0.2) is 0 Å². The molecule has 1 aromatic heterocycles. The minimum absolute atomic E-state index is 0.102. The van der Waals surface area contributed by atoms with E-state index in [1.807, 2.05) is 13.0 Å². The summed E-state index contributed by atoms with van der Waals surface area (Å²) in [5.74, 6) is 0.530. The van der Waals surface area contributed by atoms with Crippen molar-refractivity contribution in [3.05, 3.63) is 76.2 Å². The molecule has 1 heterocycles. The largest absolute Gasteiger partial charge is 0.478 e. The molecule has 0 aliphatic carbocycles. The number of carboxylic acid groups (broad SMARTS) is 1. The van der Waals surface area contributed by atoms with Crippen molar-refractivity contribution in [2.45, 2.75) is 66.1 Å². The van der Waals surface area contributed by atoms with Crippen molar-refractivity contribution in [1.82, 2.24) is 4.98 Å². The lowest BCUT2D eigenvalue weighted by Crippen LogP contribution is -2.10. The van der Waals surface area contributed by atoms with Crippen LogP contribution < -0.4 is 0 Å². The zero-order chi connectivity index (χ0) is 24.7. The average molecular weight is 466 g/mol. The Bertz CT molecular complexity index is 1090. The SMILES string of the molecule is CCc1oc(-c2ccc(C(C)(C)C)cc2)nc1COCCCOCc1cccc(C)c1C(=O)O. The summed E-state index contributed by atoms with van der Waals surface area (Å²) >= 11 is 0. The number of aromatic nitrogens is 1. The molecule has 0 bridgehead atoms. The fourth-order valence-electron chi connectivity index (χ4n) is 3.78. The van der Waals surface area contributed by atoms with Crippen LogP contribution in [0, 0.1) is 6.92 Å². The molecule has 0 atom stereocenters. The van der Waals surface area contributed by atoms with Crippen molar-refractivity contribution in [3.8, 4) is 11.5 Å². The van der Waals surface area contributed by atoms with Gasteiger partial charge in [-0.05, 0) is 47.6 Å². The zero-order valence-corrected chi connectivity index (χ0v) is 20.8. The van der Waals surface area contributed by atoms with E-state index < -0.39 is 5.97 Å². The highest BCUT2D eigenvalue weighted by Gasteiger charge is 2.17. The first-order chi connectivity index (χ1) is 16.2. The summed E-state index contributed by atoms with van der Waals surface area (Å²) in [5, 5.41) is 9.40. The van der Waals surface area contributed by atoms with Crippen LogP contribution in [0.25, 0.3) is 11.5 Å². The van der Waals surface area contributed by atoms with E-state index in [0.29, 0.717) is 43.3 Å². The summed E-state index contributed by atoms with van der Waals surface area (Å²) in [6.45, 7) is 12.1. The van der Waals surface area contributed by atoms with E-state index in [9.17, 15) is 9.90 Å². The lowest BCUT2D eigenvalue weighted by molar-refractivity contribution is 0.0639. The van der Waals surface area contributed by atoms with Gasteiger partial charge < -0.3 is 19.0 Å². The molecule has 182 valence electrons. The molecule has 6 heteroatoms. The molecule has 0 aliphatic heterocycles. The van der Waals surface area contributed by atoms with Crippen molar-refractivity contribution in [3.63, 3.8) is 0 Å². The second-order valence-electron chi connectivity index (χ2n) is 9.44. The van der Waals surface area contributed by atoms with Crippen LogP contribution >= 0.6 is 0 Å². The van der Waals surface area contributed by atoms with Gasteiger partial charge in [-0.25, -0.2) is 9.78 Å². The number of aromatic carboxylic acids is 1. The second-order valence-corrected chi connectivity index (χ2v) is 9.44. The summed E-state index contributed by atoms with van der Waals surface area (Å²) in [6.07, 6.45) is 1.45. The normalized spacial score (nSPS) is 11.7. The molecule has 3 rings (SSSR count). The molecule has 0 unspecified atom stereocenters. The molecule has 34 heavy (non-hydrogen) atoms. The molecule has 0 spiro atoms. The van der Waals surface area contributed by atoms with Crippen LogP contribution in [0.1, 0.15) is 72.6 Å². The van der Waals surface area contributed by atoms with Gasteiger partial charge in [-0.2, -0.15) is 0 Å². The third-order valence-electron chi connectivity index (χ3n) is 5.74. The van der Waals surface area contributed by atoms with Crippen LogP contribution in [0.4, 0.5) is 0 Å². The Labute approximate surface area is 201 Å². The first-order valence-corrected chi connectivity index (χ1v) is 11.8. The first kappa shape index (κ1) is 25.7. The van der Waals surface area contributed by atoms with Crippen molar-refractivity contribution in [2.24, 2.45) is 0 Å². The van der Waals surface area contributed by atoms with E-state index in [-0.39, 0.29) is 12.0 Å². The number of hydrogen-bond donors (Lipinski definition) is 1. The average Bonchev–Trinajstić information content (AvgIpc) is 3.21. The molecular weight excluding hydrogens is 430 g/mol. The second kappa shape index (κ2) is 11.4. The molecule has 3 aromatic rings. The molecule has 0 saturated carbocycles. The molecule has 0 aliphatic rings. The van der Waals surface area contributed by atoms with E-state index in [1.165, 1.54) is 5.56 Å². The lowest BCUT2D eigenvalue weighted by Gasteiger charge is -2.18. The van der Waals surface area contributed by atoms with Crippen molar-refractivity contribution < 1.29 is 23.8 Å². The van der Waals surface area contributed by atoms with Crippen molar-refractivity contribution in [2.75, 3.05) is 13.2 Å². The number of hydrogen-bond acceptors (Lipinski definition) is 5. The van der Waals surface area contributed by atoms with Gasteiger partial charge in [0.2, 0.25) is 5.89 Å². The van der Waals surface area contributed by atoms with Crippen LogP contribution in [-0.2, 0) is 34.5 Å². The Kier molecular flexibility index (Phi) is 8.64. The van der Waals surface area contributed by atoms with Gasteiger partial charge >= 0.3 is 5.97 Å². The predicted molar refractivity (Wildman–Crippen MR) is 132 cm³/mol. The number of carbonyl (C=O) groups is 1. The van der Waals surface area contributed by atoms with Crippen LogP contribution in [0.2, 0.25) is 0 Å². The number of rotatable bonds is 11. The number of benzene rings is 2. The van der Waals surface area contributed by atoms with Crippen LogP contribution in [0.15, 0.2) is 46.9 Å². The summed E-state index contributed by atoms with van der Waals surface area (Å²) in [4.78, 5) is 16.1. The fourth-order valence-corrected chi connectivity index (χ4v) is 3.78. The molecular formula is C28H35NO5. The number of nitrogens with zero attached hydrogens (tertiary/aromatic N) is 1. The highest BCUT2D eigenvalue weighted by molar-refractivity contribution is 5.91. The fraction of sp³-hybridized carbons (Fsp3) is 0.429. The van der Waals surface area contributed by atoms with E-state index in [1.54, 1.807) is 19.1 Å². The maximum Gasteiger partial charge on any atom is 0.336 e. The van der Waals surface area contributed by atoms with E-state index in [2.05, 4.69) is 50.0 Å². The minimum atomic E-state index is -0.927. The van der Waals surface area contributed by atoms with Crippen molar-refractivity contribution >= 4 is 5.97 Å². The van der Waals surface area contributed by atoms with Crippen LogP contribution in [0.5, 0.6) is 0 Å². The maximum atomic E-state index is 11.5. The first-order valence-electron chi connectivity index (χ1n) is 11.8. The molecule has 0 radical (unpaired) electrons. The van der Waals surface area contributed by atoms with Gasteiger partial charge in [-0.3, -0.25) is 0 Å². The Hall–Kier alpha value is -2.96. The standard InChI is InChI=1S/C28H35NO5/c1-6-24-23(29-26(34-24)20-11-13-22(14-12-20)28(3,4)5)18-33-16-8-15-32-17-21-10-7-9-19(2)25(21)27(30)31/h7,9-14H,6,8,15-18H2,1-5H3,(H,30,31). The highest BCUT2D eigenvalue weighted by atomic mass is 16.5. The smallest absolute Gasteiger partial charge is 0.336 e. The molecule has 0 saturated heterocycles. The van der Waals surface area contributed by atoms with Gasteiger partial charge in [0, 0.05) is 25.2 Å². The Morgan fingerprint density at radius 1 is 1.03 bits per heavy atom. The third-order valence-corrected chi connectivity index (χ3v) is 5.74. The number of aryl methyl sites for hydroxylation is 2. The number of oxazole rings is 1. The van der Waals surface area contributed by atoms with E-state index >= 15 is 0 Å². The Balaban J connectivity index is 1.47. The van der Waals surface area contributed by atoms with Gasteiger partial charge in [0.05, 0.1) is 18.8 Å². The summed E-state index contributed by atoms with van der Waals surface area (Å²) in [6, 6.07) is 13.8. The topological polar surface area (TPSA) is 81.8 Å². The van der Waals surface area contributed by atoms with Crippen LogP contribution in [-0.4, -0.2) is 29.3 Å². The molecule has 6 nitrogen and oxygen atoms in total. The van der Waals surface area contributed by atoms with Gasteiger partial charge in [-0.15, -0.1) is 0 Å². The Morgan fingerprint density at radius 2 is 1.71 bits per heavy atom. The summed E-state index contributed by atoms with van der Waals surface area (Å²) in [5.41, 5.74) is 4.90. The molecule has 0 amide bonds.